The molecule has 0 heterocycles. The van der Waals surface area contributed by atoms with Crippen LogP contribution < -0.4 is 0 Å². The summed E-state index contributed by atoms with van der Waals surface area (Å²) in [4.78, 5) is 0. The Kier molecular flexibility index (Phi) is 0.870. The van der Waals surface area contributed by atoms with Crippen LogP contribution in [0.4, 0.5) is 0 Å². The first-order valence-corrected chi connectivity index (χ1v) is 3.95. The van der Waals surface area contributed by atoms with E-state index < -0.39 is 0 Å². The SMILES string of the molecule is CCC1C2C=CC1(C)C2. The molecule has 0 heteroatoms. The van der Waals surface area contributed by atoms with Crippen molar-refractivity contribution < 1.29 is 0 Å². The minimum absolute atomic E-state index is 0.624. The van der Waals surface area contributed by atoms with E-state index in [1.165, 1.54) is 12.8 Å². The summed E-state index contributed by atoms with van der Waals surface area (Å²) in [5, 5.41) is 0. The normalized spacial score (nSPS) is 53.6. The summed E-state index contributed by atoms with van der Waals surface area (Å²) < 4.78 is 0. The van der Waals surface area contributed by atoms with Crippen LogP contribution in [0, 0.1) is 17.3 Å². The topological polar surface area (TPSA) is 0 Å². The van der Waals surface area contributed by atoms with Gasteiger partial charge in [0.05, 0.1) is 0 Å². The Bertz CT molecular complexity index is 157. The molecule has 3 unspecified atom stereocenters. The lowest BCUT2D eigenvalue weighted by atomic mass is 9.59. The van der Waals surface area contributed by atoms with Crippen molar-refractivity contribution in [2.24, 2.45) is 17.3 Å². The molecule has 3 aliphatic rings. The Balaban J connectivity index is 2.19. The minimum atomic E-state index is 0.624. The molecule has 0 N–H and O–H groups in total. The fraction of sp³-hybridized carbons (Fsp3) is 0.778. The summed E-state index contributed by atoms with van der Waals surface area (Å²) in [6.07, 6.45) is 7.64. The van der Waals surface area contributed by atoms with E-state index in [4.69, 9.17) is 0 Å². The van der Waals surface area contributed by atoms with Crippen molar-refractivity contribution in [1.82, 2.24) is 0 Å². The molecule has 1 fully saturated rings. The second-order valence-electron chi connectivity index (χ2n) is 3.75. The molecular weight excluding hydrogens is 108 g/mol. The summed E-state index contributed by atoms with van der Waals surface area (Å²) in [6.45, 7) is 4.70. The van der Waals surface area contributed by atoms with E-state index >= 15 is 0 Å². The molecule has 0 aliphatic heterocycles. The molecule has 3 aliphatic carbocycles. The number of allylic oxidation sites excluding steroid dienone is 2. The predicted octanol–water partition coefficient (Wildman–Crippen LogP) is 2.61. The Morgan fingerprint density at radius 3 is 2.67 bits per heavy atom. The van der Waals surface area contributed by atoms with E-state index in [2.05, 4.69) is 26.0 Å². The molecule has 50 valence electrons. The maximum Gasteiger partial charge on any atom is -0.0107 e. The lowest BCUT2D eigenvalue weighted by Gasteiger charge is -2.45. The van der Waals surface area contributed by atoms with Crippen molar-refractivity contribution in [2.75, 3.05) is 0 Å². The van der Waals surface area contributed by atoms with Crippen LogP contribution in [0.15, 0.2) is 12.2 Å². The lowest BCUT2D eigenvalue weighted by molar-refractivity contribution is 0.0717. The van der Waals surface area contributed by atoms with Gasteiger partial charge in [-0.05, 0) is 23.7 Å². The van der Waals surface area contributed by atoms with Gasteiger partial charge in [0, 0.05) is 0 Å². The van der Waals surface area contributed by atoms with E-state index in [1.54, 1.807) is 0 Å². The zero-order valence-corrected chi connectivity index (χ0v) is 6.22. The molecule has 1 saturated carbocycles. The van der Waals surface area contributed by atoms with Crippen molar-refractivity contribution in [3.8, 4) is 0 Å². The number of hydrogen-bond acceptors (Lipinski definition) is 0. The van der Waals surface area contributed by atoms with Crippen molar-refractivity contribution >= 4 is 0 Å². The van der Waals surface area contributed by atoms with E-state index in [9.17, 15) is 0 Å². The first-order valence-electron chi connectivity index (χ1n) is 3.95. The highest BCUT2D eigenvalue weighted by atomic mass is 14.5. The molecule has 0 aromatic carbocycles. The molecule has 3 atom stereocenters. The summed E-state index contributed by atoms with van der Waals surface area (Å²) in [7, 11) is 0. The molecule has 2 bridgehead atoms. The van der Waals surface area contributed by atoms with Crippen LogP contribution in [-0.2, 0) is 0 Å². The first-order chi connectivity index (χ1) is 4.26. The molecule has 9 heavy (non-hydrogen) atoms. The smallest absolute Gasteiger partial charge is 0.0107 e. The van der Waals surface area contributed by atoms with E-state index in [1.807, 2.05) is 0 Å². The molecule has 0 aromatic rings. The van der Waals surface area contributed by atoms with Gasteiger partial charge >= 0.3 is 0 Å². The van der Waals surface area contributed by atoms with Crippen LogP contribution in [0.5, 0.6) is 0 Å². The third-order valence-corrected chi connectivity index (χ3v) is 3.20. The van der Waals surface area contributed by atoms with Gasteiger partial charge in [0.15, 0.2) is 0 Å². The summed E-state index contributed by atoms with van der Waals surface area (Å²) >= 11 is 0. The largest absolute Gasteiger partial charge is 0.0845 e. The molecule has 3 rings (SSSR count). The van der Waals surface area contributed by atoms with E-state index in [0.29, 0.717) is 5.41 Å². The quantitative estimate of drug-likeness (QED) is 0.469. The molecule has 0 aromatic heterocycles. The van der Waals surface area contributed by atoms with Gasteiger partial charge in [0.2, 0.25) is 0 Å². The number of hydrogen-bond donors (Lipinski definition) is 0. The van der Waals surface area contributed by atoms with Gasteiger partial charge in [0.25, 0.3) is 0 Å². The van der Waals surface area contributed by atoms with Crippen molar-refractivity contribution in [1.29, 1.82) is 0 Å². The van der Waals surface area contributed by atoms with Crippen LogP contribution in [-0.4, -0.2) is 0 Å². The summed E-state index contributed by atoms with van der Waals surface area (Å²) in [6, 6.07) is 0. The van der Waals surface area contributed by atoms with Crippen LogP contribution >= 0.6 is 0 Å². The van der Waals surface area contributed by atoms with Gasteiger partial charge < -0.3 is 0 Å². The van der Waals surface area contributed by atoms with Crippen molar-refractivity contribution in [3.05, 3.63) is 12.2 Å². The Morgan fingerprint density at radius 1 is 1.67 bits per heavy atom. The Morgan fingerprint density at radius 2 is 2.44 bits per heavy atom. The average molecular weight is 122 g/mol. The average Bonchev–Trinajstić information content (AvgIpc) is 2.24. The Hall–Kier alpha value is -0.260. The monoisotopic (exact) mass is 122 g/mol. The highest BCUT2D eigenvalue weighted by molar-refractivity contribution is 5.22. The summed E-state index contributed by atoms with van der Waals surface area (Å²) in [5.41, 5.74) is 0.624. The van der Waals surface area contributed by atoms with Crippen molar-refractivity contribution in [3.63, 3.8) is 0 Å². The van der Waals surface area contributed by atoms with Gasteiger partial charge in [-0.15, -0.1) is 0 Å². The highest BCUT2D eigenvalue weighted by Crippen LogP contribution is 2.59. The molecule has 0 saturated heterocycles. The van der Waals surface area contributed by atoms with Crippen molar-refractivity contribution in [2.45, 2.75) is 26.7 Å². The fourth-order valence-electron chi connectivity index (χ4n) is 2.64. The molecular formula is C9H14. The fourth-order valence-corrected chi connectivity index (χ4v) is 2.64. The highest BCUT2D eigenvalue weighted by Gasteiger charge is 2.50. The first kappa shape index (κ1) is 5.52. The second kappa shape index (κ2) is 1.42. The summed E-state index contributed by atoms with van der Waals surface area (Å²) in [5.74, 6) is 1.96. The molecule has 0 radical (unpaired) electrons. The van der Waals surface area contributed by atoms with Crippen LogP contribution in [0.2, 0.25) is 0 Å². The zero-order valence-electron chi connectivity index (χ0n) is 6.22. The van der Waals surface area contributed by atoms with E-state index in [-0.39, 0.29) is 0 Å². The predicted molar refractivity (Wildman–Crippen MR) is 39.1 cm³/mol. The third kappa shape index (κ3) is 0.493. The van der Waals surface area contributed by atoms with Gasteiger partial charge in [0.1, 0.15) is 0 Å². The molecule has 0 spiro atoms. The maximum atomic E-state index is 2.42. The standard InChI is InChI=1S/C9H14/c1-3-8-7-4-5-9(8,2)6-7/h4-5,7-8H,3,6H2,1-2H3. The van der Waals surface area contributed by atoms with E-state index in [0.717, 1.165) is 11.8 Å². The van der Waals surface area contributed by atoms with Gasteiger partial charge in [-0.25, -0.2) is 0 Å². The van der Waals surface area contributed by atoms with Crippen LogP contribution in [0.25, 0.3) is 0 Å². The minimum Gasteiger partial charge on any atom is -0.0845 e. The van der Waals surface area contributed by atoms with Crippen LogP contribution in [0.1, 0.15) is 26.7 Å². The zero-order chi connectivity index (χ0) is 6.48. The lowest BCUT2D eigenvalue weighted by Crippen LogP contribution is -2.37. The second-order valence-corrected chi connectivity index (χ2v) is 3.75. The Labute approximate surface area is 57.0 Å². The van der Waals surface area contributed by atoms with Gasteiger partial charge in [-0.3, -0.25) is 0 Å². The van der Waals surface area contributed by atoms with Gasteiger partial charge in [-0.2, -0.15) is 0 Å². The van der Waals surface area contributed by atoms with Gasteiger partial charge in [-0.1, -0.05) is 32.4 Å². The third-order valence-electron chi connectivity index (χ3n) is 3.20. The molecule has 0 nitrogen and oxygen atoms in total. The maximum absolute atomic E-state index is 2.42. The molecule has 0 amide bonds. The number of rotatable bonds is 1. The van der Waals surface area contributed by atoms with Crippen LogP contribution in [0.3, 0.4) is 0 Å².